The molecule has 1 aliphatic heterocycles. The predicted molar refractivity (Wildman–Crippen MR) is 98.2 cm³/mol. The summed E-state index contributed by atoms with van der Waals surface area (Å²) in [5, 5.41) is 0. The summed E-state index contributed by atoms with van der Waals surface area (Å²) < 4.78 is 34.7. The molecule has 8 nitrogen and oxygen atoms in total. The molecule has 9 heteroatoms. The van der Waals surface area contributed by atoms with Crippen LogP contribution in [0.4, 0.5) is 0 Å². The van der Waals surface area contributed by atoms with E-state index in [0.717, 1.165) is 12.8 Å². The van der Waals surface area contributed by atoms with Gasteiger partial charge in [-0.15, -0.1) is 0 Å². The van der Waals surface area contributed by atoms with E-state index >= 15 is 0 Å². The van der Waals surface area contributed by atoms with Gasteiger partial charge in [-0.25, -0.2) is 0 Å². The van der Waals surface area contributed by atoms with E-state index in [1.807, 2.05) is 0 Å². The molecule has 3 rings (SSSR count). The lowest BCUT2D eigenvalue weighted by atomic mass is 10.0. The van der Waals surface area contributed by atoms with Crippen LogP contribution in [-0.4, -0.2) is 52.8 Å². The van der Waals surface area contributed by atoms with Crippen LogP contribution >= 0.6 is 0 Å². The summed E-state index contributed by atoms with van der Waals surface area (Å²) in [5.74, 6) is 0.635. The van der Waals surface area contributed by atoms with Crippen molar-refractivity contribution in [2.45, 2.75) is 32.7 Å². The predicted octanol–water partition coefficient (Wildman–Crippen LogP) is 1.33. The molecule has 0 N–H and O–H groups in total. The molecule has 1 aliphatic rings. The fraction of sp³-hybridized carbons (Fsp3) is 0.529. The number of hydrogen-bond acceptors (Lipinski definition) is 5. The lowest BCUT2D eigenvalue weighted by Crippen LogP contribution is -2.34. The standard InChI is InChI=1S/C17H24N4O4S/c1-13(2)7-8-14-11-20(26(23,24)19(14)3)12-25-16-10-17(22)21-9-5-4-6-15(21)18-16/h4-6,9-10,13-14H,7-8,11-12H2,1-3H3. The Hall–Kier alpha value is -1.97. The zero-order valence-electron chi connectivity index (χ0n) is 15.2. The Morgan fingerprint density at radius 3 is 2.85 bits per heavy atom. The number of likely N-dealkylation sites (N-methyl/N-ethyl adjacent to an activating group) is 1. The normalized spacial score (nSPS) is 20.8. The monoisotopic (exact) mass is 380 g/mol. The van der Waals surface area contributed by atoms with Gasteiger partial charge in [-0.2, -0.15) is 22.0 Å². The van der Waals surface area contributed by atoms with E-state index in [1.165, 1.54) is 19.1 Å². The minimum atomic E-state index is -3.56. The van der Waals surface area contributed by atoms with Crippen molar-refractivity contribution in [1.82, 2.24) is 18.0 Å². The van der Waals surface area contributed by atoms with Crippen molar-refractivity contribution in [3.8, 4) is 5.88 Å². The summed E-state index contributed by atoms with van der Waals surface area (Å²) in [7, 11) is -1.96. The third-order valence-corrected chi connectivity index (χ3v) is 6.53. The summed E-state index contributed by atoms with van der Waals surface area (Å²) in [5.41, 5.74) is 0.174. The van der Waals surface area contributed by atoms with Crippen molar-refractivity contribution in [3.63, 3.8) is 0 Å². The van der Waals surface area contributed by atoms with Crippen LogP contribution in [0.5, 0.6) is 5.88 Å². The van der Waals surface area contributed by atoms with Crippen LogP contribution in [0.2, 0.25) is 0 Å². The van der Waals surface area contributed by atoms with Gasteiger partial charge in [-0.1, -0.05) is 19.9 Å². The van der Waals surface area contributed by atoms with E-state index in [2.05, 4.69) is 18.8 Å². The smallest absolute Gasteiger partial charge is 0.284 e. The fourth-order valence-electron chi connectivity index (χ4n) is 2.98. The molecule has 2 aromatic rings. The molecule has 0 aliphatic carbocycles. The van der Waals surface area contributed by atoms with Gasteiger partial charge in [-0.05, 0) is 30.9 Å². The lowest BCUT2D eigenvalue weighted by molar-refractivity contribution is 0.196. The Labute approximate surface area is 153 Å². The highest BCUT2D eigenvalue weighted by atomic mass is 32.2. The van der Waals surface area contributed by atoms with E-state index in [4.69, 9.17) is 4.74 Å². The van der Waals surface area contributed by atoms with Gasteiger partial charge in [0.15, 0.2) is 6.73 Å². The van der Waals surface area contributed by atoms with Gasteiger partial charge >= 0.3 is 0 Å². The second-order valence-electron chi connectivity index (χ2n) is 6.92. The SMILES string of the molecule is CC(C)CCC1CN(COc2cc(=O)n3ccccc3n2)S(=O)(=O)N1C. The molecule has 3 heterocycles. The van der Waals surface area contributed by atoms with Gasteiger partial charge in [0.25, 0.3) is 15.8 Å². The van der Waals surface area contributed by atoms with Gasteiger partial charge < -0.3 is 4.74 Å². The molecule has 0 aromatic carbocycles. The molecule has 0 radical (unpaired) electrons. The Kier molecular flexibility index (Phi) is 5.31. The average Bonchev–Trinajstić information content (AvgIpc) is 2.81. The van der Waals surface area contributed by atoms with Crippen LogP contribution in [0.15, 0.2) is 35.3 Å². The highest BCUT2D eigenvalue weighted by Crippen LogP contribution is 2.25. The summed E-state index contributed by atoms with van der Waals surface area (Å²) in [4.78, 5) is 16.3. The van der Waals surface area contributed by atoms with Crippen molar-refractivity contribution in [2.75, 3.05) is 20.3 Å². The molecular weight excluding hydrogens is 356 g/mol. The average molecular weight is 380 g/mol. The number of rotatable bonds is 6. The van der Waals surface area contributed by atoms with Crippen molar-refractivity contribution in [3.05, 3.63) is 40.8 Å². The summed E-state index contributed by atoms with van der Waals surface area (Å²) in [6, 6.07) is 6.39. The number of aromatic nitrogens is 2. The molecule has 0 bridgehead atoms. The Bertz CT molecular complexity index is 941. The second kappa shape index (κ2) is 7.34. The van der Waals surface area contributed by atoms with Crippen LogP contribution < -0.4 is 10.3 Å². The Morgan fingerprint density at radius 2 is 2.12 bits per heavy atom. The molecule has 0 amide bonds. The van der Waals surface area contributed by atoms with Crippen LogP contribution in [-0.2, 0) is 10.2 Å². The van der Waals surface area contributed by atoms with Crippen molar-refractivity contribution in [1.29, 1.82) is 0 Å². The fourth-order valence-corrected chi connectivity index (χ4v) is 4.44. The van der Waals surface area contributed by atoms with E-state index in [0.29, 0.717) is 18.1 Å². The largest absolute Gasteiger partial charge is 0.460 e. The molecule has 0 spiro atoms. The molecule has 1 saturated heterocycles. The molecule has 26 heavy (non-hydrogen) atoms. The first kappa shape index (κ1) is 18.8. The molecule has 0 saturated carbocycles. The third kappa shape index (κ3) is 3.74. The molecule has 142 valence electrons. The number of hydrogen-bond donors (Lipinski definition) is 0. The minimum Gasteiger partial charge on any atom is -0.460 e. The lowest BCUT2D eigenvalue weighted by Gasteiger charge is -2.17. The first-order valence-corrected chi connectivity index (χ1v) is 10.0. The van der Waals surface area contributed by atoms with Crippen LogP contribution in [0.3, 0.4) is 0 Å². The van der Waals surface area contributed by atoms with Gasteiger partial charge in [0.05, 0.1) is 6.07 Å². The third-order valence-electron chi connectivity index (χ3n) is 4.60. The van der Waals surface area contributed by atoms with Crippen LogP contribution in [0.1, 0.15) is 26.7 Å². The van der Waals surface area contributed by atoms with Gasteiger partial charge in [-0.3, -0.25) is 9.20 Å². The van der Waals surface area contributed by atoms with Gasteiger partial charge in [0, 0.05) is 25.8 Å². The van der Waals surface area contributed by atoms with Gasteiger partial charge in [0.1, 0.15) is 5.65 Å². The highest BCUT2D eigenvalue weighted by Gasteiger charge is 2.41. The topological polar surface area (TPSA) is 84.2 Å². The van der Waals surface area contributed by atoms with E-state index in [-0.39, 0.29) is 24.2 Å². The summed E-state index contributed by atoms with van der Waals surface area (Å²) >= 11 is 0. The maximum absolute atomic E-state index is 12.5. The summed E-state index contributed by atoms with van der Waals surface area (Å²) in [6.45, 7) is 4.45. The molecule has 1 fully saturated rings. The number of nitrogens with zero attached hydrogens (tertiary/aromatic N) is 4. The van der Waals surface area contributed by atoms with E-state index in [9.17, 15) is 13.2 Å². The maximum atomic E-state index is 12.5. The van der Waals surface area contributed by atoms with Crippen LogP contribution in [0, 0.1) is 5.92 Å². The quantitative estimate of drug-likeness (QED) is 0.755. The number of fused-ring (bicyclic) bond motifs is 1. The van der Waals surface area contributed by atoms with Crippen LogP contribution in [0.25, 0.3) is 5.65 Å². The zero-order valence-corrected chi connectivity index (χ0v) is 16.0. The maximum Gasteiger partial charge on any atom is 0.284 e. The van der Waals surface area contributed by atoms with E-state index in [1.54, 1.807) is 31.4 Å². The Balaban J connectivity index is 1.72. The van der Waals surface area contributed by atoms with E-state index < -0.39 is 10.2 Å². The zero-order chi connectivity index (χ0) is 18.9. The second-order valence-corrected chi connectivity index (χ2v) is 8.91. The van der Waals surface area contributed by atoms with Gasteiger partial charge in [0.2, 0.25) is 5.88 Å². The molecule has 1 unspecified atom stereocenters. The summed E-state index contributed by atoms with van der Waals surface area (Å²) in [6.07, 6.45) is 3.38. The molecule has 1 atom stereocenters. The number of ether oxygens (including phenoxy) is 1. The number of pyridine rings is 1. The van der Waals surface area contributed by atoms with Crippen molar-refractivity contribution in [2.24, 2.45) is 5.92 Å². The first-order valence-electron chi connectivity index (χ1n) is 8.63. The Morgan fingerprint density at radius 1 is 1.35 bits per heavy atom. The molecular formula is C17H24N4O4S. The molecule has 2 aromatic heterocycles. The highest BCUT2D eigenvalue weighted by molar-refractivity contribution is 7.87. The first-order chi connectivity index (χ1) is 12.3. The van der Waals surface area contributed by atoms with Crippen molar-refractivity contribution < 1.29 is 13.2 Å². The van der Waals surface area contributed by atoms with Crippen molar-refractivity contribution >= 4 is 15.9 Å². The minimum absolute atomic E-state index is 0.0683.